The topological polar surface area (TPSA) is 102 Å². The Kier molecular flexibility index (Phi) is 10.1. The Hall–Kier alpha value is -1.97. The Balaban J connectivity index is 2.49. The van der Waals surface area contributed by atoms with Gasteiger partial charge < -0.3 is 14.8 Å². The molecule has 0 saturated carbocycles. The van der Waals surface area contributed by atoms with E-state index in [4.69, 9.17) is 9.47 Å². The predicted molar refractivity (Wildman–Crippen MR) is 105 cm³/mol. The Labute approximate surface area is 167 Å². The molecule has 0 aromatic heterocycles. The molecule has 0 aliphatic heterocycles. The minimum absolute atomic E-state index is 0.100. The molecule has 0 heterocycles. The van der Waals surface area contributed by atoms with Gasteiger partial charge in [-0.3, -0.25) is 9.59 Å². The second-order valence-electron chi connectivity index (χ2n) is 6.32. The molecule has 28 heavy (non-hydrogen) atoms. The molecule has 0 spiro atoms. The van der Waals surface area contributed by atoms with Crippen LogP contribution in [0, 0.1) is 0 Å². The molecule has 0 aliphatic carbocycles. The van der Waals surface area contributed by atoms with Crippen LogP contribution in [0.1, 0.15) is 32.8 Å². The SMILES string of the molecule is CCN(CC)S(=O)(=O)c1ccc(CCC(=O)OCC(=O)NC(C)COC)cc1. The van der Waals surface area contributed by atoms with Gasteiger partial charge in [0.25, 0.3) is 5.91 Å². The van der Waals surface area contributed by atoms with Crippen LogP contribution in [0.2, 0.25) is 0 Å². The summed E-state index contributed by atoms with van der Waals surface area (Å²) in [5.74, 6) is -0.877. The lowest BCUT2D eigenvalue weighted by molar-refractivity contribution is -0.148. The molecular weight excluding hydrogens is 384 g/mol. The molecule has 9 heteroatoms. The molecule has 0 fully saturated rings. The molecule has 0 bridgehead atoms. The largest absolute Gasteiger partial charge is 0.456 e. The molecule has 1 aromatic carbocycles. The van der Waals surface area contributed by atoms with Crippen molar-refractivity contribution in [2.75, 3.05) is 33.4 Å². The van der Waals surface area contributed by atoms with Gasteiger partial charge in [-0.15, -0.1) is 0 Å². The van der Waals surface area contributed by atoms with E-state index in [1.165, 1.54) is 11.4 Å². The van der Waals surface area contributed by atoms with E-state index in [1.807, 2.05) is 0 Å². The molecule has 8 nitrogen and oxygen atoms in total. The Morgan fingerprint density at radius 2 is 1.75 bits per heavy atom. The van der Waals surface area contributed by atoms with Gasteiger partial charge in [0, 0.05) is 32.7 Å². The summed E-state index contributed by atoms with van der Waals surface area (Å²) in [4.78, 5) is 23.7. The van der Waals surface area contributed by atoms with Crippen molar-refractivity contribution in [1.82, 2.24) is 9.62 Å². The number of nitrogens with zero attached hydrogens (tertiary/aromatic N) is 1. The zero-order valence-electron chi connectivity index (χ0n) is 16.9. The van der Waals surface area contributed by atoms with Crippen LogP contribution in [0.5, 0.6) is 0 Å². The normalized spacial score (nSPS) is 12.6. The fourth-order valence-corrected chi connectivity index (χ4v) is 4.07. The summed E-state index contributed by atoms with van der Waals surface area (Å²) in [6.45, 7) is 6.22. The molecule has 1 atom stereocenters. The summed E-state index contributed by atoms with van der Waals surface area (Å²) >= 11 is 0. The van der Waals surface area contributed by atoms with Crippen molar-refractivity contribution in [3.8, 4) is 0 Å². The first-order chi connectivity index (χ1) is 13.2. The smallest absolute Gasteiger partial charge is 0.306 e. The molecule has 1 rings (SSSR count). The number of esters is 1. The molecule has 1 unspecified atom stereocenters. The number of ether oxygens (including phenoxy) is 2. The number of sulfonamides is 1. The molecule has 0 radical (unpaired) electrons. The number of hydrogen-bond donors (Lipinski definition) is 1. The number of aryl methyl sites for hydroxylation is 1. The summed E-state index contributed by atoms with van der Waals surface area (Å²) in [5.41, 5.74) is 0.814. The summed E-state index contributed by atoms with van der Waals surface area (Å²) in [5, 5.41) is 2.65. The summed E-state index contributed by atoms with van der Waals surface area (Å²) in [7, 11) is -1.96. The Morgan fingerprint density at radius 3 is 2.29 bits per heavy atom. The molecular formula is C19H30N2O6S. The second kappa shape index (κ2) is 11.8. The zero-order valence-corrected chi connectivity index (χ0v) is 17.8. The number of benzene rings is 1. The van der Waals surface area contributed by atoms with Gasteiger partial charge in [0.15, 0.2) is 6.61 Å². The number of methoxy groups -OCH3 is 1. The van der Waals surface area contributed by atoms with Crippen molar-refractivity contribution >= 4 is 21.9 Å². The van der Waals surface area contributed by atoms with Gasteiger partial charge in [-0.05, 0) is 31.0 Å². The van der Waals surface area contributed by atoms with Gasteiger partial charge in [0.2, 0.25) is 10.0 Å². The maximum Gasteiger partial charge on any atom is 0.306 e. The minimum atomic E-state index is -3.49. The van der Waals surface area contributed by atoms with Crippen LogP contribution in [0.15, 0.2) is 29.2 Å². The zero-order chi connectivity index (χ0) is 21.2. The Bertz CT molecular complexity index is 729. The fourth-order valence-electron chi connectivity index (χ4n) is 2.61. The van der Waals surface area contributed by atoms with Crippen molar-refractivity contribution < 1.29 is 27.5 Å². The average molecular weight is 415 g/mol. The highest BCUT2D eigenvalue weighted by molar-refractivity contribution is 7.89. The van der Waals surface area contributed by atoms with Crippen LogP contribution < -0.4 is 5.32 Å². The van der Waals surface area contributed by atoms with Crippen molar-refractivity contribution in [2.45, 2.75) is 44.6 Å². The molecule has 1 N–H and O–H groups in total. The van der Waals surface area contributed by atoms with E-state index in [0.29, 0.717) is 26.1 Å². The fraction of sp³-hybridized carbons (Fsp3) is 0.579. The number of hydrogen-bond acceptors (Lipinski definition) is 6. The highest BCUT2D eigenvalue weighted by Crippen LogP contribution is 2.17. The van der Waals surface area contributed by atoms with Crippen LogP contribution in [-0.2, 0) is 35.5 Å². The summed E-state index contributed by atoms with van der Waals surface area (Å²) in [6, 6.07) is 6.28. The molecule has 0 saturated heterocycles. The van der Waals surface area contributed by atoms with E-state index < -0.39 is 16.0 Å². The van der Waals surface area contributed by atoms with Gasteiger partial charge in [0.1, 0.15) is 0 Å². The highest BCUT2D eigenvalue weighted by atomic mass is 32.2. The standard InChI is InChI=1S/C19H30N2O6S/c1-5-21(6-2)28(24,25)17-10-7-16(8-11-17)9-12-19(23)27-14-18(22)20-15(3)13-26-4/h7-8,10-11,15H,5-6,9,12-14H2,1-4H3,(H,20,22). The quantitative estimate of drug-likeness (QED) is 0.518. The van der Waals surface area contributed by atoms with Crippen molar-refractivity contribution in [3.63, 3.8) is 0 Å². The molecule has 1 aromatic rings. The van der Waals surface area contributed by atoms with Crippen molar-refractivity contribution in [3.05, 3.63) is 29.8 Å². The number of amides is 1. The van der Waals surface area contributed by atoms with Gasteiger partial charge in [-0.1, -0.05) is 26.0 Å². The van der Waals surface area contributed by atoms with Crippen LogP contribution in [0.3, 0.4) is 0 Å². The number of carbonyl (C=O) groups is 2. The van der Waals surface area contributed by atoms with E-state index in [9.17, 15) is 18.0 Å². The van der Waals surface area contributed by atoms with Crippen LogP contribution in [0.4, 0.5) is 0 Å². The maximum atomic E-state index is 12.4. The minimum Gasteiger partial charge on any atom is -0.456 e. The average Bonchev–Trinajstić information content (AvgIpc) is 2.66. The molecule has 158 valence electrons. The monoisotopic (exact) mass is 414 g/mol. The van der Waals surface area contributed by atoms with E-state index in [2.05, 4.69) is 5.32 Å². The number of nitrogens with one attached hydrogen (secondary N) is 1. The van der Waals surface area contributed by atoms with Gasteiger partial charge in [-0.25, -0.2) is 8.42 Å². The number of carbonyl (C=O) groups excluding carboxylic acids is 2. The first kappa shape index (κ1) is 24.1. The molecule has 0 aliphatic rings. The van der Waals surface area contributed by atoms with Crippen molar-refractivity contribution in [2.24, 2.45) is 0 Å². The van der Waals surface area contributed by atoms with E-state index in [-0.39, 0.29) is 29.9 Å². The van der Waals surface area contributed by atoms with Gasteiger partial charge in [0.05, 0.1) is 11.5 Å². The lowest BCUT2D eigenvalue weighted by atomic mass is 10.1. The third kappa shape index (κ3) is 7.57. The maximum absolute atomic E-state index is 12.4. The third-order valence-corrected chi connectivity index (χ3v) is 6.14. The Morgan fingerprint density at radius 1 is 1.14 bits per heavy atom. The first-order valence-corrected chi connectivity index (χ1v) is 10.7. The summed E-state index contributed by atoms with van der Waals surface area (Å²) < 4.78 is 36.1. The lowest BCUT2D eigenvalue weighted by Crippen LogP contribution is -2.38. The van der Waals surface area contributed by atoms with Crippen molar-refractivity contribution in [1.29, 1.82) is 0 Å². The second-order valence-corrected chi connectivity index (χ2v) is 8.26. The van der Waals surface area contributed by atoms with Crippen LogP contribution in [0.25, 0.3) is 0 Å². The van der Waals surface area contributed by atoms with Crippen LogP contribution in [-0.4, -0.2) is 64.1 Å². The first-order valence-electron chi connectivity index (χ1n) is 9.27. The highest BCUT2D eigenvalue weighted by Gasteiger charge is 2.21. The lowest BCUT2D eigenvalue weighted by Gasteiger charge is -2.18. The summed E-state index contributed by atoms with van der Waals surface area (Å²) in [6.07, 6.45) is 0.495. The third-order valence-electron chi connectivity index (χ3n) is 4.07. The number of rotatable bonds is 12. The molecule has 1 amide bonds. The van der Waals surface area contributed by atoms with E-state index in [1.54, 1.807) is 45.0 Å². The predicted octanol–water partition coefficient (Wildman–Crippen LogP) is 1.34. The van der Waals surface area contributed by atoms with E-state index >= 15 is 0 Å². The van der Waals surface area contributed by atoms with E-state index in [0.717, 1.165) is 5.56 Å². The van der Waals surface area contributed by atoms with Gasteiger partial charge >= 0.3 is 5.97 Å². The van der Waals surface area contributed by atoms with Gasteiger partial charge in [-0.2, -0.15) is 4.31 Å². The van der Waals surface area contributed by atoms with Crippen LogP contribution >= 0.6 is 0 Å².